The van der Waals surface area contributed by atoms with Crippen molar-refractivity contribution in [3.8, 4) is 0 Å². The number of thioether (sulfide) groups is 1. The van der Waals surface area contributed by atoms with Crippen LogP contribution in [0.3, 0.4) is 0 Å². The van der Waals surface area contributed by atoms with Gasteiger partial charge in [0.25, 0.3) is 0 Å². The fourth-order valence-corrected chi connectivity index (χ4v) is 2.98. The minimum atomic E-state index is -1.08. The molecule has 0 saturated heterocycles. The molecule has 0 atom stereocenters. The molecule has 0 unspecified atom stereocenters. The van der Waals surface area contributed by atoms with E-state index in [1.807, 2.05) is 31.2 Å². The number of aromatic amines is 1. The Morgan fingerprint density at radius 2 is 2.05 bits per heavy atom. The van der Waals surface area contributed by atoms with Crippen molar-refractivity contribution in [3.05, 3.63) is 57.1 Å². The molecular formula is C14H14N2O3S. The maximum Gasteiger partial charge on any atom is 0.346 e. The van der Waals surface area contributed by atoms with Gasteiger partial charge in [0.05, 0.1) is 0 Å². The summed E-state index contributed by atoms with van der Waals surface area (Å²) in [5, 5.41) is 9.47. The first-order chi connectivity index (χ1) is 9.49. The highest BCUT2D eigenvalue weighted by atomic mass is 32.2. The van der Waals surface area contributed by atoms with Gasteiger partial charge >= 0.3 is 11.7 Å². The lowest BCUT2D eigenvalue weighted by Gasteiger charge is -2.08. The monoisotopic (exact) mass is 290 g/mol. The Morgan fingerprint density at radius 3 is 2.70 bits per heavy atom. The first-order valence-electron chi connectivity index (χ1n) is 6.00. The predicted octanol–water partition coefficient (Wildman–Crippen LogP) is 2.38. The second kappa shape index (κ2) is 5.92. The molecule has 0 radical (unpaired) electrons. The molecule has 0 aliphatic rings. The molecule has 20 heavy (non-hydrogen) atoms. The van der Waals surface area contributed by atoms with Crippen molar-refractivity contribution in [1.82, 2.24) is 9.97 Å². The maximum absolute atomic E-state index is 11.4. The SMILES string of the molecule is Cc1ccccc1CSc1nc(=O)[nH]c(C)c1C(=O)O. The number of H-pyrrole nitrogens is 1. The third kappa shape index (κ3) is 3.08. The zero-order chi connectivity index (χ0) is 14.7. The van der Waals surface area contributed by atoms with E-state index in [1.165, 1.54) is 11.8 Å². The number of hydrogen-bond donors (Lipinski definition) is 2. The number of nitrogens with zero attached hydrogens (tertiary/aromatic N) is 1. The van der Waals surface area contributed by atoms with Crippen molar-refractivity contribution < 1.29 is 9.90 Å². The van der Waals surface area contributed by atoms with Crippen LogP contribution in [-0.2, 0) is 5.75 Å². The second-order valence-corrected chi connectivity index (χ2v) is 5.33. The van der Waals surface area contributed by atoms with E-state index in [-0.39, 0.29) is 10.6 Å². The van der Waals surface area contributed by atoms with Crippen LogP contribution in [0.15, 0.2) is 34.1 Å². The molecule has 1 aromatic heterocycles. The normalized spacial score (nSPS) is 10.5. The Kier molecular flexibility index (Phi) is 4.24. The lowest BCUT2D eigenvalue weighted by atomic mass is 10.1. The molecule has 0 fully saturated rings. The van der Waals surface area contributed by atoms with Gasteiger partial charge in [-0.2, -0.15) is 4.98 Å². The number of rotatable bonds is 4. The van der Waals surface area contributed by atoms with E-state index in [0.717, 1.165) is 11.1 Å². The van der Waals surface area contributed by atoms with E-state index < -0.39 is 11.7 Å². The molecule has 104 valence electrons. The Hall–Kier alpha value is -2.08. The molecule has 5 nitrogen and oxygen atoms in total. The topological polar surface area (TPSA) is 83.0 Å². The first kappa shape index (κ1) is 14.3. The van der Waals surface area contributed by atoms with Crippen LogP contribution in [0.4, 0.5) is 0 Å². The van der Waals surface area contributed by atoms with Crippen molar-refractivity contribution in [2.75, 3.05) is 0 Å². The molecule has 0 bridgehead atoms. The number of aromatic carboxylic acids is 1. The molecule has 2 N–H and O–H groups in total. The van der Waals surface area contributed by atoms with Crippen LogP contribution in [0.5, 0.6) is 0 Å². The average Bonchev–Trinajstić information content (AvgIpc) is 2.36. The molecule has 0 amide bonds. The summed E-state index contributed by atoms with van der Waals surface area (Å²) in [5.74, 6) is -0.512. The highest BCUT2D eigenvalue weighted by Gasteiger charge is 2.17. The molecule has 0 spiro atoms. The lowest BCUT2D eigenvalue weighted by molar-refractivity contribution is 0.0690. The van der Waals surface area contributed by atoms with E-state index in [0.29, 0.717) is 11.4 Å². The Labute approximate surface area is 120 Å². The number of carboxylic acids is 1. The number of benzene rings is 1. The van der Waals surface area contributed by atoms with Gasteiger partial charge in [-0.1, -0.05) is 24.3 Å². The Bertz CT molecular complexity index is 710. The van der Waals surface area contributed by atoms with Crippen LogP contribution in [0.2, 0.25) is 0 Å². The summed E-state index contributed by atoms with van der Waals surface area (Å²) in [6, 6.07) is 7.84. The zero-order valence-corrected chi connectivity index (χ0v) is 12.0. The Morgan fingerprint density at radius 1 is 1.35 bits per heavy atom. The van der Waals surface area contributed by atoms with Gasteiger partial charge in [-0.05, 0) is 25.0 Å². The van der Waals surface area contributed by atoms with Crippen LogP contribution in [0.1, 0.15) is 27.2 Å². The van der Waals surface area contributed by atoms with E-state index >= 15 is 0 Å². The molecular weight excluding hydrogens is 276 g/mol. The molecule has 0 aliphatic carbocycles. The largest absolute Gasteiger partial charge is 0.478 e. The van der Waals surface area contributed by atoms with Crippen molar-refractivity contribution in [2.24, 2.45) is 0 Å². The number of carbonyl (C=O) groups is 1. The number of hydrogen-bond acceptors (Lipinski definition) is 4. The predicted molar refractivity (Wildman–Crippen MR) is 77.3 cm³/mol. The molecule has 1 aromatic carbocycles. The van der Waals surface area contributed by atoms with Gasteiger partial charge < -0.3 is 10.1 Å². The summed E-state index contributed by atoms with van der Waals surface area (Å²) in [5.41, 5.74) is 2.07. The highest BCUT2D eigenvalue weighted by molar-refractivity contribution is 7.98. The highest BCUT2D eigenvalue weighted by Crippen LogP contribution is 2.25. The lowest BCUT2D eigenvalue weighted by Crippen LogP contribution is -2.18. The van der Waals surface area contributed by atoms with Gasteiger partial charge in [0.2, 0.25) is 0 Å². The number of carboxylic acid groups (broad SMARTS) is 1. The number of nitrogens with one attached hydrogen (secondary N) is 1. The van der Waals surface area contributed by atoms with E-state index in [1.54, 1.807) is 6.92 Å². The van der Waals surface area contributed by atoms with Crippen LogP contribution in [0, 0.1) is 13.8 Å². The smallest absolute Gasteiger partial charge is 0.346 e. The van der Waals surface area contributed by atoms with Gasteiger partial charge in [-0.15, -0.1) is 11.8 Å². The molecule has 0 saturated carbocycles. The van der Waals surface area contributed by atoms with Crippen molar-refractivity contribution >= 4 is 17.7 Å². The molecule has 2 aromatic rings. The molecule has 6 heteroatoms. The fourth-order valence-electron chi connectivity index (χ4n) is 1.83. The van der Waals surface area contributed by atoms with E-state index in [9.17, 15) is 14.7 Å². The average molecular weight is 290 g/mol. The standard InChI is InChI=1S/C14H14N2O3S/c1-8-5-3-4-6-10(8)7-20-12-11(13(17)18)9(2)15-14(19)16-12/h3-6H,7H2,1-2H3,(H,17,18)(H,15,16,19). The maximum atomic E-state index is 11.4. The van der Waals surface area contributed by atoms with Crippen LogP contribution in [0.25, 0.3) is 0 Å². The quantitative estimate of drug-likeness (QED) is 0.667. The van der Waals surface area contributed by atoms with Gasteiger partial charge in [-0.25, -0.2) is 9.59 Å². The van der Waals surface area contributed by atoms with Gasteiger partial charge in [0, 0.05) is 11.4 Å². The summed E-state index contributed by atoms with van der Waals surface area (Å²) in [6.07, 6.45) is 0. The number of aromatic nitrogens is 2. The minimum Gasteiger partial charge on any atom is -0.478 e. The second-order valence-electron chi connectivity index (χ2n) is 4.37. The summed E-state index contributed by atoms with van der Waals surface area (Å²) in [7, 11) is 0. The van der Waals surface area contributed by atoms with Crippen LogP contribution < -0.4 is 5.69 Å². The molecule has 0 aliphatic heterocycles. The van der Waals surface area contributed by atoms with E-state index in [4.69, 9.17) is 0 Å². The number of aryl methyl sites for hydroxylation is 2. The van der Waals surface area contributed by atoms with Gasteiger partial charge in [0.1, 0.15) is 10.6 Å². The van der Waals surface area contributed by atoms with Crippen LogP contribution in [-0.4, -0.2) is 21.0 Å². The molecule has 1 heterocycles. The summed E-state index contributed by atoms with van der Waals surface area (Å²) >= 11 is 1.26. The van der Waals surface area contributed by atoms with Crippen molar-refractivity contribution in [3.63, 3.8) is 0 Å². The van der Waals surface area contributed by atoms with Crippen LogP contribution >= 0.6 is 11.8 Å². The summed E-state index contributed by atoms with van der Waals surface area (Å²) in [4.78, 5) is 28.8. The summed E-state index contributed by atoms with van der Waals surface area (Å²) in [6.45, 7) is 3.55. The first-order valence-corrected chi connectivity index (χ1v) is 6.99. The zero-order valence-electron chi connectivity index (χ0n) is 11.1. The Balaban J connectivity index is 2.32. The van der Waals surface area contributed by atoms with E-state index in [2.05, 4.69) is 9.97 Å². The fraction of sp³-hybridized carbons (Fsp3) is 0.214. The van der Waals surface area contributed by atoms with Crippen molar-refractivity contribution in [1.29, 1.82) is 0 Å². The third-order valence-electron chi connectivity index (χ3n) is 2.93. The van der Waals surface area contributed by atoms with Gasteiger partial charge in [0.15, 0.2) is 0 Å². The molecule has 2 rings (SSSR count). The third-order valence-corrected chi connectivity index (χ3v) is 3.95. The summed E-state index contributed by atoms with van der Waals surface area (Å²) < 4.78 is 0. The van der Waals surface area contributed by atoms with Gasteiger partial charge in [-0.3, -0.25) is 0 Å². The van der Waals surface area contributed by atoms with Crippen molar-refractivity contribution in [2.45, 2.75) is 24.6 Å². The minimum absolute atomic E-state index is 0.0585.